The van der Waals surface area contributed by atoms with Gasteiger partial charge in [0.2, 0.25) is 5.91 Å². The lowest BCUT2D eigenvalue weighted by Gasteiger charge is -2.31. The first-order chi connectivity index (χ1) is 9.10. The van der Waals surface area contributed by atoms with Crippen LogP contribution in [0.25, 0.3) is 0 Å². The van der Waals surface area contributed by atoms with Crippen LogP contribution in [-0.4, -0.2) is 35.9 Å². The standard InChI is InChI=1S/C13H17Cl2N3O/c1-16-13(19)10-3-2-6-18(8-10)7-9-4-5-11(14)17-12(9)15/h4-5,10H,2-3,6-8H2,1H3,(H,16,19). The Morgan fingerprint density at radius 2 is 2.32 bits per heavy atom. The van der Waals surface area contributed by atoms with Crippen molar-refractivity contribution in [1.29, 1.82) is 0 Å². The van der Waals surface area contributed by atoms with Gasteiger partial charge < -0.3 is 5.32 Å². The summed E-state index contributed by atoms with van der Waals surface area (Å²) in [5.74, 6) is 0.183. The third-order valence-corrected chi connectivity index (χ3v) is 3.95. The van der Waals surface area contributed by atoms with E-state index in [-0.39, 0.29) is 11.8 Å². The molecule has 1 saturated heterocycles. The third-order valence-electron chi connectivity index (χ3n) is 3.41. The summed E-state index contributed by atoms with van der Waals surface area (Å²) in [6.07, 6.45) is 1.97. The molecule has 6 heteroatoms. The number of hydrogen-bond donors (Lipinski definition) is 1. The quantitative estimate of drug-likeness (QED) is 0.872. The van der Waals surface area contributed by atoms with E-state index in [1.54, 1.807) is 13.1 Å². The van der Waals surface area contributed by atoms with Gasteiger partial charge >= 0.3 is 0 Å². The second-order valence-corrected chi connectivity index (χ2v) is 5.52. The highest BCUT2D eigenvalue weighted by Gasteiger charge is 2.25. The highest BCUT2D eigenvalue weighted by atomic mass is 35.5. The highest BCUT2D eigenvalue weighted by molar-refractivity contribution is 6.32. The lowest BCUT2D eigenvalue weighted by atomic mass is 9.97. The maximum absolute atomic E-state index is 11.7. The molecule has 0 bridgehead atoms. The number of rotatable bonds is 3. The summed E-state index contributed by atoms with van der Waals surface area (Å²) in [5, 5.41) is 3.55. The summed E-state index contributed by atoms with van der Waals surface area (Å²) in [5.41, 5.74) is 0.948. The molecule has 0 aliphatic carbocycles. The molecule has 1 fully saturated rings. The van der Waals surface area contributed by atoms with Crippen molar-refractivity contribution in [3.8, 4) is 0 Å². The zero-order valence-corrected chi connectivity index (χ0v) is 12.3. The van der Waals surface area contributed by atoms with Gasteiger partial charge in [0.25, 0.3) is 0 Å². The molecule has 1 unspecified atom stereocenters. The van der Waals surface area contributed by atoms with Crippen molar-refractivity contribution in [1.82, 2.24) is 15.2 Å². The molecule has 0 radical (unpaired) electrons. The van der Waals surface area contributed by atoms with Crippen LogP contribution in [-0.2, 0) is 11.3 Å². The Labute approximate surface area is 123 Å². The fourth-order valence-electron chi connectivity index (χ4n) is 2.42. The highest BCUT2D eigenvalue weighted by Crippen LogP contribution is 2.22. The van der Waals surface area contributed by atoms with Crippen molar-refractivity contribution >= 4 is 29.1 Å². The van der Waals surface area contributed by atoms with Gasteiger partial charge in [-0.1, -0.05) is 29.3 Å². The summed E-state index contributed by atoms with van der Waals surface area (Å²) in [4.78, 5) is 18.0. The average molecular weight is 302 g/mol. The summed E-state index contributed by atoms with van der Waals surface area (Å²) in [6, 6.07) is 3.63. The number of amides is 1. The first-order valence-electron chi connectivity index (χ1n) is 6.35. The van der Waals surface area contributed by atoms with E-state index in [1.807, 2.05) is 6.07 Å². The second kappa shape index (κ2) is 6.55. The molecule has 1 aromatic heterocycles. The van der Waals surface area contributed by atoms with Crippen LogP contribution in [0.2, 0.25) is 10.3 Å². The summed E-state index contributed by atoms with van der Waals surface area (Å²) < 4.78 is 0. The zero-order chi connectivity index (χ0) is 13.8. The Bertz CT molecular complexity index is 467. The van der Waals surface area contributed by atoms with Gasteiger partial charge in [-0.15, -0.1) is 0 Å². The number of hydrogen-bond acceptors (Lipinski definition) is 3. The molecule has 1 aliphatic heterocycles. The number of nitrogens with one attached hydrogen (secondary N) is 1. The lowest BCUT2D eigenvalue weighted by molar-refractivity contribution is -0.126. The molecule has 1 amide bonds. The van der Waals surface area contributed by atoms with Gasteiger partial charge in [-0.05, 0) is 25.5 Å². The number of halogens is 2. The molecule has 1 aliphatic rings. The SMILES string of the molecule is CNC(=O)C1CCCN(Cc2ccc(Cl)nc2Cl)C1. The number of pyridine rings is 1. The van der Waals surface area contributed by atoms with Crippen LogP contribution in [0.5, 0.6) is 0 Å². The summed E-state index contributed by atoms with van der Waals surface area (Å²) in [7, 11) is 1.68. The third kappa shape index (κ3) is 3.81. The average Bonchev–Trinajstić information content (AvgIpc) is 2.41. The van der Waals surface area contributed by atoms with Gasteiger partial charge in [-0.3, -0.25) is 9.69 Å². The Balaban J connectivity index is 2.00. The molecule has 2 rings (SSSR count). The number of piperidine rings is 1. The summed E-state index contributed by atoms with van der Waals surface area (Å²) >= 11 is 11.9. The van der Waals surface area contributed by atoms with E-state index in [0.717, 1.165) is 31.5 Å². The van der Waals surface area contributed by atoms with E-state index >= 15 is 0 Å². The monoisotopic (exact) mass is 301 g/mol. The number of carbonyl (C=O) groups excluding carboxylic acids is 1. The van der Waals surface area contributed by atoms with Crippen LogP contribution >= 0.6 is 23.2 Å². The largest absolute Gasteiger partial charge is 0.359 e. The van der Waals surface area contributed by atoms with Crippen molar-refractivity contribution in [2.24, 2.45) is 5.92 Å². The molecule has 104 valence electrons. The van der Waals surface area contributed by atoms with Gasteiger partial charge in [-0.25, -0.2) is 4.98 Å². The zero-order valence-electron chi connectivity index (χ0n) is 10.8. The number of carbonyl (C=O) groups is 1. The van der Waals surface area contributed by atoms with Crippen LogP contribution in [0.1, 0.15) is 18.4 Å². The van der Waals surface area contributed by atoms with Crippen molar-refractivity contribution in [2.75, 3.05) is 20.1 Å². The van der Waals surface area contributed by atoms with Gasteiger partial charge in [-0.2, -0.15) is 0 Å². The van der Waals surface area contributed by atoms with E-state index in [1.165, 1.54) is 0 Å². The van der Waals surface area contributed by atoms with E-state index in [4.69, 9.17) is 23.2 Å². The Morgan fingerprint density at radius 3 is 3.00 bits per heavy atom. The van der Waals surface area contributed by atoms with Gasteiger partial charge in [0.15, 0.2) is 0 Å². The minimum absolute atomic E-state index is 0.0674. The molecule has 0 spiro atoms. The van der Waals surface area contributed by atoms with E-state index in [2.05, 4.69) is 15.2 Å². The van der Waals surface area contributed by atoms with Crippen LogP contribution in [0.15, 0.2) is 12.1 Å². The van der Waals surface area contributed by atoms with Gasteiger partial charge in [0.1, 0.15) is 10.3 Å². The van der Waals surface area contributed by atoms with Crippen molar-refractivity contribution in [2.45, 2.75) is 19.4 Å². The molecule has 19 heavy (non-hydrogen) atoms. The molecule has 2 heterocycles. The lowest BCUT2D eigenvalue weighted by Crippen LogP contribution is -2.41. The van der Waals surface area contributed by atoms with E-state index < -0.39 is 0 Å². The number of aromatic nitrogens is 1. The molecule has 0 aromatic carbocycles. The molecule has 0 saturated carbocycles. The number of nitrogens with zero attached hydrogens (tertiary/aromatic N) is 2. The predicted octanol–water partition coefficient (Wildman–Crippen LogP) is 2.35. The Morgan fingerprint density at radius 1 is 1.53 bits per heavy atom. The van der Waals surface area contributed by atoms with Crippen molar-refractivity contribution in [3.63, 3.8) is 0 Å². The van der Waals surface area contributed by atoms with Crippen LogP contribution < -0.4 is 5.32 Å². The molecular weight excluding hydrogens is 285 g/mol. The molecule has 1 aromatic rings. The van der Waals surface area contributed by atoms with Crippen molar-refractivity contribution < 1.29 is 4.79 Å². The van der Waals surface area contributed by atoms with Crippen molar-refractivity contribution in [3.05, 3.63) is 28.0 Å². The predicted molar refractivity (Wildman–Crippen MR) is 76.3 cm³/mol. The summed E-state index contributed by atoms with van der Waals surface area (Å²) in [6.45, 7) is 2.45. The maximum atomic E-state index is 11.7. The molecular formula is C13H17Cl2N3O. The first-order valence-corrected chi connectivity index (χ1v) is 7.10. The Hall–Kier alpha value is -0.840. The van der Waals surface area contributed by atoms with E-state index in [0.29, 0.717) is 16.9 Å². The van der Waals surface area contributed by atoms with Crippen LogP contribution in [0.4, 0.5) is 0 Å². The molecule has 1 atom stereocenters. The maximum Gasteiger partial charge on any atom is 0.224 e. The number of likely N-dealkylation sites (tertiary alicyclic amines) is 1. The van der Waals surface area contributed by atoms with Gasteiger partial charge in [0.05, 0.1) is 5.92 Å². The Kier molecular flexibility index (Phi) is 5.02. The van der Waals surface area contributed by atoms with E-state index in [9.17, 15) is 4.79 Å². The van der Waals surface area contributed by atoms with Gasteiger partial charge in [0, 0.05) is 25.7 Å². The second-order valence-electron chi connectivity index (χ2n) is 4.77. The minimum atomic E-state index is 0.0674. The molecule has 1 N–H and O–H groups in total. The fourth-order valence-corrected chi connectivity index (χ4v) is 2.82. The smallest absolute Gasteiger partial charge is 0.224 e. The van der Waals surface area contributed by atoms with Crippen LogP contribution in [0.3, 0.4) is 0 Å². The first kappa shape index (κ1) is 14.6. The molecule has 4 nitrogen and oxygen atoms in total. The topological polar surface area (TPSA) is 45.2 Å². The van der Waals surface area contributed by atoms with Crippen LogP contribution in [0, 0.1) is 5.92 Å². The fraction of sp³-hybridized carbons (Fsp3) is 0.538. The minimum Gasteiger partial charge on any atom is -0.359 e. The normalized spacial score (nSPS) is 20.3.